The summed E-state index contributed by atoms with van der Waals surface area (Å²) in [7, 11) is 6.59. The molecule has 3 atom stereocenters. The molecule has 3 rings (SSSR count). The SMILES string of the molecule is COC1=CC2C(CC1=O)c1c(ccc(OC)c1O)C(=O)[C@@H]2N(C)C. The van der Waals surface area contributed by atoms with Crippen molar-refractivity contribution in [3.8, 4) is 11.5 Å². The Morgan fingerprint density at radius 1 is 1.17 bits per heavy atom. The third-order valence-electron chi connectivity index (χ3n) is 4.93. The number of phenols is 1. The summed E-state index contributed by atoms with van der Waals surface area (Å²) >= 11 is 0. The average Bonchev–Trinajstić information content (AvgIpc) is 2.55. The van der Waals surface area contributed by atoms with E-state index in [4.69, 9.17) is 9.47 Å². The molecule has 0 spiro atoms. The van der Waals surface area contributed by atoms with Gasteiger partial charge in [0.05, 0.1) is 20.3 Å². The lowest BCUT2D eigenvalue weighted by molar-refractivity contribution is -0.120. The number of likely N-dealkylation sites (N-methyl/N-ethyl adjacent to an activating group) is 1. The van der Waals surface area contributed by atoms with E-state index in [0.29, 0.717) is 16.9 Å². The van der Waals surface area contributed by atoms with Crippen molar-refractivity contribution in [2.75, 3.05) is 28.3 Å². The summed E-state index contributed by atoms with van der Waals surface area (Å²) in [6.45, 7) is 0. The van der Waals surface area contributed by atoms with Gasteiger partial charge >= 0.3 is 0 Å². The van der Waals surface area contributed by atoms with Gasteiger partial charge in [-0.15, -0.1) is 0 Å². The number of ketones is 2. The maximum atomic E-state index is 13.0. The number of ether oxygens (including phenoxy) is 2. The minimum atomic E-state index is -0.409. The molecule has 2 aliphatic rings. The fraction of sp³-hybridized carbons (Fsp3) is 0.444. The molecule has 128 valence electrons. The minimum absolute atomic E-state index is 0.0578. The van der Waals surface area contributed by atoms with Crippen molar-refractivity contribution in [3.63, 3.8) is 0 Å². The predicted molar refractivity (Wildman–Crippen MR) is 87.4 cm³/mol. The van der Waals surface area contributed by atoms with Gasteiger partial charge in [0.2, 0.25) is 0 Å². The molecular weight excluding hydrogens is 310 g/mol. The predicted octanol–water partition coefficient (Wildman–Crippen LogP) is 1.73. The van der Waals surface area contributed by atoms with Crippen LogP contribution < -0.4 is 4.74 Å². The van der Waals surface area contributed by atoms with Crippen molar-refractivity contribution in [1.82, 2.24) is 4.90 Å². The highest BCUT2D eigenvalue weighted by Crippen LogP contribution is 2.49. The van der Waals surface area contributed by atoms with E-state index in [-0.39, 0.29) is 41.3 Å². The Labute approximate surface area is 140 Å². The number of nitrogens with zero attached hydrogens (tertiary/aromatic N) is 1. The molecule has 1 N–H and O–H groups in total. The average molecular weight is 331 g/mol. The fourth-order valence-corrected chi connectivity index (χ4v) is 3.86. The van der Waals surface area contributed by atoms with E-state index in [1.807, 2.05) is 19.0 Å². The van der Waals surface area contributed by atoms with Crippen LogP contribution in [-0.2, 0) is 9.53 Å². The zero-order valence-corrected chi connectivity index (χ0v) is 14.2. The molecule has 1 aromatic rings. The summed E-state index contributed by atoms with van der Waals surface area (Å²) in [5, 5.41) is 10.6. The molecule has 0 amide bonds. The van der Waals surface area contributed by atoms with Crippen LogP contribution in [0.25, 0.3) is 0 Å². The number of rotatable bonds is 3. The highest BCUT2D eigenvalue weighted by atomic mass is 16.5. The molecule has 6 nitrogen and oxygen atoms in total. The van der Waals surface area contributed by atoms with Crippen molar-refractivity contribution in [1.29, 1.82) is 0 Å². The van der Waals surface area contributed by atoms with Crippen LogP contribution in [0.3, 0.4) is 0 Å². The fourth-order valence-electron chi connectivity index (χ4n) is 3.86. The van der Waals surface area contributed by atoms with Crippen molar-refractivity contribution in [3.05, 3.63) is 35.1 Å². The molecule has 2 unspecified atom stereocenters. The highest BCUT2D eigenvalue weighted by molar-refractivity contribution is 6.05. The molecule has 2 aliphatic carbocycles. The number of allylic oxidation sites excluding steroid dienone is 1. The highest BCUT2D eigenvalue weighted by Gasteiger charge is 2.47. The lowest BCUT2D eigenvalue weighted by atomic mass is 9.66. The topological polar surface area (TPSA) is 76.1 Å². The quantitative estimate of drug-likeness (QED) is 0.909. The van der Waals surface area contributed by atoms with Crippen LogP contribution in [0.4, 0.5) is 0 Å². The van der Waals surface area contributed by atoms with E-state index in [0.717, 1.165) is 0 Å². The third-order valence-corrected chi connectivity index (χ3v) is 4.93. The van der Waals surface area contributed by atoms with Gasteiger partial charge in [0.15, 0.2) is 28.8 Å². The standard InChI is InChI=1S/C18H21NO5/c1-19(2)16-11-8-14(24-4)12(20)7-10(11)15-9(17(16)21)5-6-13(23-3)18(15)22/h5-6,8,10-11,16,22H,7H2,1-4H3/t10?,11?,16-/m1/s1. The van der Waals surface area contributed by atoms with Gasteiger partial charge in [-0.25, -0.2) is 0 Å². The maximum Gasteiger partial charge on any atom is 0.197 e. The van der Waals surface area contributed by atoms with Gasteiger partial charge in [0.1, 0.15) is 0 Å². The summed E-state index contributed by atoms with van der Waals surface area (Å²) in [6.07, 6.45) is 1.91. The number of methoxy groups -OCH3 is 2. The van der Waals surface area contributed by atoms with Crippen LogP contribution in [0.5, 0.6) is 11.5 Å². The summed E-state index contributed by atoms with van der Waals surface area (Å²) in [6, 6.07) is 2.84. The molecule has 0 radical (unpaired) electrons. The lowest BCUT2D eigenvalue weighted by Gasteiger charge is -2.42. The molecule has 24 heavy (non-hydrogen) atoms. The van der Waals surface area contributed by atoms with Gasteiger partial charge in [-0.2, -0.15) is 0 Å². The zero-order valence-electron chi connectivity index (χ0n) is 14.2. The maximum absolute atomic E-state index is 13.0. The molecule has 0 aliphatic heterocycles. The van der Waals surface area contributed by atoms with Gasteiger partial charge in [0, 0.05) is 29.4 Å². The Morgan fingerprint density at radius 2 is 1.88 bits per heavy atom. The summed E-state index contributed by atoms with van der Waals surface area (Å²) < 4.78 is 10.3. The number of fused-ring (bicyclic) bond motifs is 3. The molecule has 1 aromatic carbocycles. The Bertz CT molecular complexity index is 737. The zero-order chi connectivity index (χ0) is 17.6. The number of carbonyl (C=O) groups excluding carboxylic acids is 2. The Kier molecular flexibility index (Phi) is 4.09. The number of carbonyl (C=O) groups is 2. The molecule has 0 saturated carbocycles. The van der Waals surface area contributed by atoms with Crippen LogP contribution in [0.2, 0.25) is 0 Å². The first-order valence-corrected chi connectivity index (χ1v) is 7.80. The number of Topliss-reactive ketones (excluding diaryl/α,β-unsaturated/α-hetero) is 2. The summed E-state index contributed by atoms with van der Waals surface area (Å²) in [5.41, 5.74) is 0.956. The molecular formula is C18H21NO5. The van der Waals surface area contributed by atoms with Crippen molar-refractivity contribution < 1.29 is 24.2 Å². The van der Waals surface area contributed by atoms with E-state index < -0.39 is 6.04 Å². The van der Waals surface area contributed by atoms with Gasteiger partial charge < -0.3 is 14.6 Å². The second kappa shape index (κ2) is 5.94. The smallest absolute Gasteiger partial charge is 0.197 e. The van der Waals surface area contributed by atoms with E-state index in [1.165, 1.54) is 14.2 Å². The second-order valence-corrected chi connectivity index (χ2v) is 6.40. The van der Waals surface area contributed by atoms with E-state index >= 15 is 0 Å². The molecule has 0 aromatic heterocycles. The second-order valence-electron chi connectivity index (χ2n) is 6.40. The minimum Gasteiger partial charge on any atom is -0.504 e. The summed E-state index contributed by atoms with van der Waals surface area (Å²) in [4.78, 5) is 27.2. The van der Waals surface area contributed by atoms with Crippen molar-refractivity contribution in [2.24, 2.45) is 5.92 Å². The third kappa shape index (κ3) is 2.29. The van der Waals surface area contributed by atoms with E-state index in [1.54, 1.807) is 18.2 Å². The molecule has 0 heterocycles. The molecule has 0 saturated heterocycles. The van der Waals surface area contributed by atoms with Crippen LogP contribution >= 0.6 is 0 Å². The number of phenolic OH excluding ortho intramolecular Hbond substituents is 1. The van der Waals surface area contributed by atoms with Gasteiger partial charge in [-0.3, -0.25) is 14.5 Å². The van der Waals surface area contributed by atoms with Crippen LogP contribution in [0.1, 0.15) is 28.3 Å². The molecule has 6 heteroatoms. The molecule has 0 bridgehead atoms. The summed E-state index contributed by atoms with van der Waals surface area (Å²) in [5.74, 6) is -0.205. The monoisotopic (exact) mass is 331 g/mol. The van der Waals surface area contributed by atoms with Crippen molar-refractivity contribution in [2.45, 2.75) is 18.4 Å². The first-order valence-electron chi connectivity index (χ1n) is 7.80. The van der Waals surface area contributed by atoms with E-state index in [9.17, 15) is 14.7 Å². The lowest BCUT2D eigenvalue weighted by Crippen LogP contribution is -2.49. The largest absolute Gasteiger partial charge is 0.504 e. The molecule has 0 fully saturated rings. The van der Waals surface area contributed by atoms with Crippen LogP contribution in [0.15, 0.2) is 24.0 Å². The number of hydrogen-bond acceptors (Lipinski definition) is 6. The Hall–Kier alpha value is -2.34. The van der Waals surface area contributed by atoms with E-state index in [2.05, 4.69) is 0 Å². The number of benzene rings is 1. The van der Waals surface area contributed by atoms with Crippen molar-refractivity contribution >= 4 is 11.6 Å². The first-order chi connectivity index (χ1) is 11.4. The Balaban J connectivity index is 2.24. The number of aromatic hydroxyl groups is 1. The van der Waals surface area contributed by atoms with Gasteiger partial charge in [-0.05, 0) is 32.3 Å². The first kappa shape index (κ1) is 16.5. The normalized spacial score (nSPS) is 25.9. The van der Waals surface area contributed by atoms with Gasteiger partial charge in [-0.1, -0.05) is 0 Å². The van der Waals surface area contributed by atoms with Crippen LogP contribution in [0, 0.1) is 5.92 Å². The number of hydrogen-bond donors (Lipinski definition) is 1. The Morgan fingerprint density at radius 3 is 2.46 bits per heavy atom. The van der Waals surface area contributed by atoms with Crippen LogP contribution in [-0.4, -0.2) is 55.9 Å². The van der Waals surface area contributed by atoms with Gasteiger partial charge in [0.25, 0.3) is 0 Å².